The SMILES string of the molecule is COCCOc1cc2ncnc(Oc3cccc(NC(=O)Nc4ccc(OC)c(C(F)(F)F)c4)c3)c2cc1OC. The lowest BCUT2D eigenvalue weighted by atomic mass is 10.1. The van der Waals surface area contributed by atoms with Crippen LogP contribution in [0.5, 0.6) is 28.9 Å². The van der Waals surface area contributed by atoms with Crippen molar-refractivity contribution in [2.75, 3.05) is 45.2 Å². The first-order valence-corrected chi connectivity index (χ1v) is 11.8. The fraction of sp³-hybridized carbons (Fsp3) is 0.222. The Morgan fingerprint density at radius 3 is 2.30 bits per heavy atom. The summed E-state index contributed by atoms with van der Waals surface area (Å²) in [4.78, 5) is 21.0. The molecule has 4 rings (SSSR count). The number of hydrogen-bond acceptors (Lipinski definition) is 8. The summed E-state index contributed by atoms with van der Waals surface area (Å²) < 4.78 is 66.8. The van der Waals surface area contributed by atoms with Crippen LogP contribution in [0.1, 0.15) is 5.56 Å². The number of anilines is 2. The van der Waals surface area contributed by atoms with Gasteiger partial charge in [0.05, 0.1) is 37.3 Å². The zero-order valence-corrected chi connectivity index (χ0v) is 21.7. The van der Waals surface area contributed by atoms with Crippen molar-refractivity contribution in [1.82, 2.24) is 9.97 Å². The van der Waals surface area contributed by atoms with Crippen LogP contribution in [0.15, 0.2) is 60.9 Å². The summed E-state index contributed by atoms with van der Waals surface area (Å²) >= 11 is 0. The van der Waals surface area contributed by atoms with Gasteiger partial charge in [-0.25, -0.2) is 14.8 Å². The molecule has 13 heteroatoms. The van der Waals surface area contributed by atoms with Crippen molar-refractivity contribution in [3.63, 3.8) is 0 Å². The Labute approximate surface area is 227 Å². The number of ether oxygens (including phenoxy) is 5. The molecule has 0 atom stereocenters. The van der Waals surface area contributed by atoms with E-state index in [2.05, 4.69) is 20.6 Å². The number of carbonyl (C=O) groups excluding carboxylic acids is 1. The van der Waals surface area contributed by atoms with E-state index in [1.807, 2.05) is 0 Å². The zero-order valence-electron chi connectivity index (χ0n) is 21.7. The lowest BCUT2D eigenvalue weighted by Gasteiger charge is -2.15. The molecule has 1 aromatic heterocycles. The Balaban J connectivity index is 1.50. The second-order valence-electron chi connectivity index (χ2n) is 8.16. The van der Waals surface area contributed by atoms with Crippen molar-refractivity contribution >= 4 is 28.3 Å². The van der Waals surface area contributed by atoms with Crippen molar-refractivity contribution in [1.29, 1.82) is 0 Å². The fourth-order valence-electron chi connectivity index (χ4n) is 3.68. The number of rotatable bonds is 10. The molecule has 0 spiro atoms. The van der Waals surface area contributed by atoms with E-state index in [1.165, 1.54) is 25.6 Å². The number of amides is 2. The van der Waals surface area contributed by atoms with Crippen LogP contribution in [0.25, 0.3) is 10.9 Å². The highest BCUT2D eigenvalue weighted by molar-refractivity contribution is 6.00. The minimum absolute atomic E-state index is 0.0648. The number of nitrogens with one attached hydrogen (secondary N) is 2. The molecule has 1 heterocycles. The Morgan fingerprint density at radius 1 is 0.850 bits per heavy atom. The van der Waals surface area contributed by atoms with Crippen molar-refractivity contribution < 1.29 is 41.7 Å². The topological polar surface area (TPSA) is 113 Å². The van der Waals surface area contributed by atoms with Gasteiger partial charge in [-0.3, -0.25) is 0 Å². The Kier molecular flexibility index (Phi) is 8.74. The van der Waals surface area contributed by atoms with E-state index in [9.17, 15) is 18.0 Å². The Hall–Kier alpha value is -4.78. The molecular formula is C27H25F3N4O6. The third kappa shape index (κ3) is 6.80. The first-order chi connectivity index (χ1) is 19.2. The van der Waals surface area contributed by atoms with Crippen LogP contribution in [0.4, 0.5) is 29.3 Å². The van der Waals surface area contributed by atoms with Crippen LogP contribution >= 0.6 is 0 Å². The number of methoxy groups -OCH3 is 3. The van der Waals surface area contributed by atoms with Crippen molar-refractivity contribution in [2.45, 2.75) is 6.18 Å². The molecule has 2 amide bonds. The summed E-state index contributed by atoms with van der Waals surface area (Å²) in [6.07, 6.45) is -3.32. The third-order valence-corrected chi connectivity index (χ3v) is 5.50. The van der Waals surface area contributed by atoms with E-state index in [4.69, 9.17) is 23.7 Å². The number of nitrogens with zero attached hydrogens (tertiary/aromatic N) is 2. The van der Waals surface area contributed by atoms with E-state index in [0.29, 0.717) is 47.1 Å². The summed E-state index contributed by atoms with van der Waals surface area (Å²) in [6.45, 7) is 0.721. The molecule has 0 aliphatic heterocycles. The van der Waals surface area contributed by atoms with Crippen LogP contribution in [-0.2, 0) is 10.9 Å². The molecular weight excluding hydrogens is 533 g/mol. The summed E-state index contributed by atoms with van der Waals surface area (Å²) in [5, 5.41) is 5.50. The van der Waals surface area contributed by atoms with Crippen LogP contribution in [0.2, 0.25) is 0 Å². The molecule has 0 aliphatic rings. The number of aromatic nitrogens is 2. The quantitative estimate of drug-likeness (QED) is 0.224. The van der Waals surface area contributed by atoms with Gasteiger partial charge >= 0.3 is 12.2 Å². The van der Waals surface area contributed by atoms with Gasteiger partial charge in [0.25, 0.3) is 0 Å². The molecule has 0 saturated heterocycles. The van der Waals surface area contributed by atoms with Crippen molar-refractivity contribution in [2.24, 2.45) is 0 Å². The number of halogens is 3. The minimum atomic E-state index is -4.65. The van der Waals surface area contributed by atoms with Crippen molar-refractivity contribution in [3.8, 4) is 28.9 Å². The number of urea groups is 1. The molecule has 10 nitrogen and oxygen atoms in total. The maximum atomic E-state index is 13.3. The smallest absolute Gasteiger partial charge is 0.420 e. The molecule has 0 radical (unpaired) electrons. The Morgan fingerprint density at radius 2 is 1.60 bits per heavy atom. The number of benzene rings is 3. The fourth-order valence-corrected chi connectivity index (χ4v) is 3.68. The zero-order chi connectivity index (χ0) is 28.7. The van der Waals surface area contributed by atoms with Gasteiger partial charge in [0.1, 0.15) is 24.4 Å². The van der Waals surface area contributed by atoms with Crippen LogP contribution < -0.4 is 29.6 Å². The second kappa shape index (κ2) is 12.4. The highest BCUT2D eigenvalue weighted by atomic mass is 19.4. The van der Waals surface area contributed by atoms with Crippen LogP contribution in [0.3, 0.4) is 0 Å². The second-order valence-corrected chi connectivity index (χ2v) is 8.16. The highest BCUT2D eigenvalue weighted by Gasteiger charge is 2.34. The van der Waals surface area contributed by atoms with Gasteiger partial charge in [-0.2, -0.15) is 13.2 Å². The standard InChI is InChI=1S/C27H25F3N4O6/c1-36-9-10-39-24-14-21-19(13-23(24)38-3)25(32-15-31-21)40-18-6-4-5-16(11-18)33-26(35)34-17-7-8-22(37-2)20(12-17)27(28,29)30/h4-8,11-15H,9-10H2,1-3H3,(H2,33,34,35). The van der Waals surface area contributed by atoms with Gasteiger partial charge in [0.2, 0.25) is 5.88 Å². The number of hydrogen-bond donors (Lipinski definition) is 2. The normalized spacial score (nSPS) is 11.2. The lowest BCUT2D eigenvalue weighted by molar-refractivity contribution is -0.138. The minimum Gasteiger partial charge on any atom is -0.496 e. The van der Waals surface area contributed by atoms with Crippen LogP contribution in [0, 0.1) is 0 Å². The van der Waals surface area contributed by atoms with E-state index >= 15 is 0 Å². The van der Waals surface area contributed by atoms with E-state index in [1.54, 1.807) is 37.4 Å². The molecule has 0 unspecified atom stereocenters. The average Bonchev–Trinajstić information content (AvgIpc) is 2.92. The monoisotopic (exact) mass is 558 g/mol. The maximum Gasteiger partial charge on any atom is 0.420 e. The molecule has 3 aromatic carbocycles. The summed E-state index contributed by atoms with van der Waals surface area (Å²) in [5.74, 6) is 1.14. The molecule has 2 N–H and O–H groups in total. The van der Waals surface area contributed by atoms with Gasteiger partial charge in [0.15, 0.2) is 11.5 Å². The predicted molar refractivity (Wildman–Crippen MR) is 141 cm³/mol. The van der Waals surface area contributed by atoms with Gasteiger partial charge in [-0.15, -0.1) is 0 Å². The van der Waals surface area contributed by atoms with E-state index < -0.39 is 17.8 Å². The predicted octanol–water partition coefficient (Wildman–Crippen LogP) is 6.13. The van der Waals surface area contributed by atoms with Gasteiger partial charge < -0.3 is 34.3 Å². The third-order valence-electron chi connectivity index (χ3n) is 5.50. The first kappa shape index (κ1) is 28.2. The Bertz CT molecular complexity index is 1500. The molecule has 40 heavy (non-hydrogen) atoms. The number of alkyl halides is 3. The largest absolute Gasteiger partial charge is 0.496 e. The van der Waals surface area contributed by atoms with E-state index in [0.717, 1.165) is 19.2 Å². The number of carbonyl (C=O) groups is 1. The lowest BCUT2D eigenvalue weighted by Crippen LogP contribution is -2.20. The van der Waals surface area contributed by atoms with E-state index in [-0.39, 0.29) is 17.3 Å². The molecule has 0 saturated carbocycles. The molecule has 0 aliphatic carbocycles. The number of fused-ring (bicyclic) bond motifs is 1. The summed E-state index contributed by atoms with van der Waals surface area (Å²) in [6, 6.07) is 12.2. The van der Waals surface area contributed by atoms with Gasteiger partial charge in [0, 0.05) is 30.6 Å². The summed E-state index contributed by atoms with van der Waals surface area (Å²) in [7, 11) is 4.21. The van der Waals surface area contributed by atoms with Crippen LogP contribution in [-0.4, -0.2) is 50.5 Å². The average molecular weight is 559 g/mol. The first-order valence-electron chi connectivity index (χ1n) is 11.8. The molecule has 0 fully saturated rings. The summed E-state index contributed by atoms with van der Waals surface area (Å²) in [5.41, 5.74) is -0.204. The molecule has 210 valence electrons. The molecule has 0 bridgehead atoms. The van der Waals surface area contributed by atoms with Crippen molar-refractivity contribution in [3.05, 3.63) is 66.5 Å². The van der Waals surface area contributed by atoms with Gasteiger partial charge in [-0.05, 0) is 36.4 Å². The van der Waals surface area contributed by atoms with Gasteiger partial charge in [-0.1, -0.05) is 6.07 Å². The maximum absolute atomic E-state index is 13.3. The molecule has 4 aromatic rings. The highest BCUT2D eigenvalue weighted by Crippen LogP contribution is 2.38.